The highest BCUT2D eigenvalue weighted by Gasteiger charge is 2.38. The highest BCUT2D eigenvalue weighted by Crippen LogP contribution is 2.37. The molecule has 0 radical (unpaired) electrons. The van der Waals surface area contributed by atoms with E-state index >= 15 is 0 Å². The monoisotopic (exact) mass is 510 g/mol. The van der Waals surface area contributed by atoms with Crippen molar-refractivity contribution in [3.63, 3.8) is 0 Å². The second-order valence-corrected chi connectivity index (χ2v) is 8.40. The Labute approximate surface area is 196 Å². The van der Waals surface area contributed by atoms with Gasteiger partial charge in [-0.3, -0.25) is 14.6 Å². The van der Waals surface area contributed by atoms with Crippen LogP contribution in [0.2, 0.25) is 0 Å². The Morgan fingerprint density at radius 3 is 2.50 bits per heavy atom. The van der Waals surface area contributed by atoms with Crippen molar-refractivity contribution in [2.75, 3.05) is 20.1 Å². The van der Waals surface area contributed by atoms with Crippen LogP contribution in [-0.2, 0) is 23.7 Å². The molecule has 2 amide bonds. The molecule has 0 spiro atoms. The zero-order valence-electron chi connectivity index (χ0n) is 18.4. The molecule has 1 heterocycles. The lowest BCUT2D eigenvalue weighted by molar-refractivity contribution is -0.143. The van der Waals surface area contributed by atoms with Gasteiger partial charge in [0.15, 0.2) is 0 Å². The van der Waals surface area contributed by atoms with Gasteiger partial charge in [0.2, 0.25) is 5.91 Å². The Balaban J connectivity index is 2.03. The third-order valence-corrected chi connectivity index (χ3v) is 5.81. The number of carbonyl (C=O) groups excluding carboxylic acids is 2. The summed E-state index contributed by atoms with van der Waals surface area (Å²) in [5, 5.41) is 7.49. The number of amidine groups is 1. The van der Waals surface area contributed by atoms with E-state index in [9.17, 15) is 35.9 Å². The summed E-state index contributed by atoms with van der Waals surface area (Å²) in [7, 11) is 1.46. The second kappa shape index (κ2) is 11.7. The fourth-order valence-electron chi connectivity index (χ4n) is 3.09. The number of alkyl halides is 6. The summed E-state index contributed by atoms with van der Waals surface area (Å²) >= 11 is 0.932. The molecule has 0 aliphatic carbocycles. The van der Waals surface area contributed by atoms with Crippen LogP contribution in [0.3, 0.4) is 0 Å². The summed E-state index contributed by atoms with van der Waals surface area (Å²) in [4.78, 5) is 27.8. The normalized spacial score (nSPS) is 17.8. The number of rotatable bonds is 9. The van der Waals surface area contributed by atoms with Crippen LogP contribution in [0.1, 0.15) is 36.5 Å². The van der Waals surface area contributed by atoms with E-state index in [-0.39, 0.29) is 54.2 Å². The Hall–Kier alpha value is -2.54. The van der Waals surface area contributed by atoms with Crippen LogP contribution < -0.4 is 16.0 Å². The molecule has 34 heavy (non-hydrogen) atoms. The van der Waals surface area contributed by atoms with Gasteiger partial charge in [-0.25, -0.2) is 0 Å². The number of nitrogens with one attached hydrogen (secondary N) is 3. The van der Waals surface area contributed by atoms with Crippen LogP contribution in [0.5, 0.6) is 0 Å². The Kier molecular flexibility index (Phi) is 9.56. The molecule has 6 nitrogen and oxygen atoms in total. The first-order valence-electron chi connectivity index (χ1n) is 10.3. The van der Waals surface area contributed by atoms with E-state index < -0.39 is 23.5 Å². The number of carbonyl (C=O) groups is 2. The van der Waals surface area contributed by atoms with Gasteiger partial charge in [0.05, 0.1) is 16.0 Å². The summed E-state index contributed by atoms with van der Waals surface area (Å²) in [6, 6.07) is 1.59. The van der Waals surface area contributed by atoms with Crippen LogP contribution in [0.25, 0.3) is 0 Å². The predicted molar refractivity (Wildman–Crippen MR) is 117 cm³/mol. The van der Waals surface area contributed by atoms with Crippen molar-refractivity contribution in [1.82, 2.24) is 16.0 Å². The molecular formula is C21H24F6N4O2S. The van der Waals surface area contributed by atoms with Crippen LogP contribution in [0.15, 0.2) is 34.2 Å². The summed E-state index contributed by atoms with van der Waals surface area (Å²) in [6.07, 6.45) is -6.81. The van der Waals surface area contributed by atoms with Crippen molar-refractivity contribution >= 4 is 28.7 Å². The zero-order chi connectivity index (χ0) is 25.5. The number of hydrogen-bond donors (Lipinski definition) is 3. The van der Waals surface area contributed by atoms with Crippen LogP contribution in [-0.4, -0.2) is 37.1 Å². The van der Waals surface area contributed by atoms with E-state index in [2.05, 4.69) is 20.9 Å². The average molecular weight is 511 g/mol. The van der Waals surface area contributed by atoms with E-state index in [0.29, 0.717) is 23.8 Å². The van der Waals surface area contributed by atoms with Gasteiger partial charge in [-0.05, 0) is 54.8 Å². The number of nitrogens with zero attached hydrogens (tertiary/aromatic N) is 1. The fraction of sp³-hybridized carbons (Fsp3) is 0.476. The molecule has 0 saturated carbocycles. The number of aliphatic imine (C=N–C) groups is 1. The number of benzene rings is 1. The van der Waals surface area contributed by atoms with Crippen molar-refractivity contribution in [2.24, 2.45) is 10.9 Å². The Bertz CT molecular complexity index is 960. The Morgan fingerprint density at radius 1 is 1.21 bits per heavy atom. The molecule has 0 aromatic heterocycles. The van der Waals surface area contributed by atoms with Crippen LogP contribution >= 0.6 is 11.8 Å². The smallest absolute Gasteiger partial charge is 0.358 e. The zero-order valence-corrected chi connectivity index (χ0v) is 19.2. The highest BCUT2D eigenvalue weighted by molar-refractivity contribution is 8.18. The maximum atomic E-state index is 13.3. The van der Waals surface area contributed by atoms with Crippen molar-refractivity contribution in [3.05, 3.63) is 45.9 Å². The standard InChI is InChI=1S/C21H24F6N4O2S/c1-3-12(8-16-18(31-19(33)34-16)30-11-17(32)28-2)6-7-29-10-13-4-5-14(20(22,23)24)9-15(13)21(25,26)27/h4-5,8-9,12,29H,3,6-7,10-11H2,1-2H3,(H,28,32)(H,30,31,33)/b16-8-. The maximum absolute atomic E-state index is 13.3. The molecule has 2 rings (SSSR count). The number of halogens is 6. The Morgan fingerprint density at radius 2 is 1.91 bits per heavy atom. The lowest BCUT2D eigenvalue weighted by Crippen LogP contribution is -2.25. The lowest BCUT2D eigenvalue weighted by Gasteiger charge is -2.17. The third-order valence-electron chi connectivity index (χ3n) is 4.98. The summed E-state index contributed by atoms with van der Waals surface area (Å²) < 4.78 is 78.2. The number of likely N-dealkylation sites (N-methyl/N-ethyl adjacent to an activating group) is 1. The molecule has 1 unspecified atom stereocenters. The van der Waals surface area contributed by atoms with Crippen molar-refractivity contribution in [3.8, 4) is 0 Å². The van der Waals surface area contributed by atoms with Crippen LogP contribution in [0, 0.1) is 5.92 Å². The minimum atomic E-state index is -4.92. The molecule has 1 aliphatic heterocycles. The molecule has 13 heteroatoms. The fourth-order valence-corrected chi connectivity index (χ4v) is 3.91. The van der Waals surface area contributed by atoms with E-state index in [4.69, 9.17) is 0 Å². The van der Waals surface area contributed by atoms with Gasteiger partial charge >= 0.3 is 12.4 Å². The number of thioether (sulfide) groups is 1. The first kappa shape index (κ1) is 27.7. The summed E-state index contributed by atoms with van der Waals surface area (Å²) in [6.45, 7) is 1.78. The van der Waals surface area contributed by atoms with Crippen molar-refractivity contribution < 1.29 is 35.9 Å². The van der Waals surface area contributed by atoms with Gasteiger partial charge in [0.1, 0.15) is 12.4 Å². The molecule has 1 aromatic carbocycles. The molecular weight excluding hydrogens is 486 g/mol. The molecule has 188 valence electrons. The van der Waals surface area contributed by atoms with Crippen molar-refractivity contribution in [1.29, 1.82) is 0 Å². The molecule has 0 bridgehead atoms. The molecule has 1 aromatic rings. The number of amides is 2. The van der Waals surface area contributed by atoms with Gasteiger partial charge in [0.25, 0.3) is 5.24 Å². The summed E-state index contributed by atoms with van der Waals surface area (Å²) in [5.74, 6) is -0.0945. The lowest BCUT2D eigenvalue weighted by atomic mass is 10.0. The van der Waals surface area contributed by atoms with Gasteiger partial charge in [-0.2, -0.15) is 26.3 Å². The first-order chi connectivity index (χ1) is 15.8. The van der Waals surface area contributed by atoms with Crippen molar-refractivity contribution in [2.45, 2.75) is 38.7 Å². The van der Waals surface area contributed by atoms with Crippen LogP contribution in [0.4, 0.5) is 31.1 Å². The van der Waals surface area contributed by atoms with E-state index in [0.717, 1.165) is 17.8 Å². The number of allylic oxidation sites excluding steroid dienone is 1. The second-order valence-electron chi connectivity index (χ2n) is 7.38. The number of hydrogen-bond acceptors (Lipinski definition) is 5. The maximum Gasteiger partial charge on any atom is 0.416 e. The quantitative estimate of drug-likeness (QED) is 0.332. The molecule has 3 N–H and O–H groups in total. The topological polar surface area (TPSA) is 82.6 Å². The predicted octanol–water partition coefficient (Wildman–Crippen LogP) is 4.71. The van der Waals surface area contributed by atoms with Gasteiger partial charge in [-0.15, -0.1) is 0 Å². The van der Waals surface area contributed by atoms with Gasteiger partial charge in [-0.1, -0.05) is 19.1 Å². The van der Waals surface area contributed by atoms with Gasteiger partial charge in [0, 0.05) is 13.6 Å². The van der Waals surface area contributed by atoms with Gasteiger partial charge < -0.3 is 16.0 Å². The molecule has 1 aliphatic rings. The molecule has 1 fully saturated rings. The van der Waals surface area contributed by atoms with E-state index in [1.807, 2.05) is 13.0 Å². The molecule has 1 atom stereocenters. The average Bonchev–Trinajstić information content (AvgIpc) is 3.11. The first-order valence-corrected chi connectivity index (χ1v) is 11.1. The summed E-state index contributed by atoms with van der Waals surface area (Å²) in [5.41, 5.74) is -2.96. The highest BCUT2D eigenvalue weighted by atomic mass is 32.2. The molecule has 1 saturated heterocycles. The minimum absolute atomic E-state index is 0.0532. The van der Waals surface area contributed by atoms with E-state index in [1.165, 1.54) is 7.05 Å². The van der Waals surface area contributed by atoms with E-state index in [1.54, 1.807) is 0 Å². The largest absolute Gasteiger partial charge is 0.416 e. The SMILES string of the molecule is CCC(/C=C1\SC(=O)NC1=NCC(=O)NC)CCNCc1ccc(C(F)(F)F)cc1C(F)(F)F. The third kappa shape index (κ3) is 8.05. The minimum Gasteiger partial charge on any atom is -0.358 e.